The van der Waals surface area contributed by atoms with Gasteiger partial charge in [0.15, 0.2) is 11.5 Å². The van der Waals surface area contributed by atoms with Crippen LogP contribution in [0.2, 0.25) is 0 Å². The van der Waals surface area contributed by atoms with Crippen molar-refractivity contribution in [2.24, 2.45) is 11.5 Å². The van der Waals surface area contributed by atoms with Crippen molar-refractivity contribution in [3.63, 3.8) is 0 Å². The summed E-state index contributed by atoms with van der Waals surface area (Å²) in [5.74, 6) is -1.74. The zero-order chi connectivity index (χ0) is 19.1. The molecule has 6 N–H and O–H groups in total. The van der Waals surface area contributed by atoms with Gasteiger partial charge in [0, 0.05) is 24.5 Å². The van der Waals surface area contributed by atoms with Crippen LogP contribution in [0.5, 0.6) is 0 Å². The van der Waals surface area contributed by atoms with Crippen molar-refractivity contribution >= 4 is 23.2 Å². The monoisotopic (exact) mass is 355 g/mol. The van der Waals surface area contributed by atoms with E-state index in [-0.39, 0.29) is 17.4 Å². The van der Waals surface area contributed by atoms with E-state index in [4.69, 9.17) is 11.5 Å². The Labute approximate surface area is 149 Å². The maximum Gasteiger partial charge on any atom is 0.278 e. The van der Waals surface area contributed by atoms with E-state index >= 15 is 0 Å². The zero-order valence-electron chi connectivity index (χ0n) is 14.0. The molecule has 1 aromatic heterocycles. The van der Waals surface area contributed by atoms with Crippen molar-refractivity contribution in [2.45, 2.75) is 6.92 Å². The highest BCUT2D eigenvalue weighted by Gasteiger charge is 2.12. The molecular formula is C18H18FN5O2. The second kappa shape index (κ2) is 8.43. The highest BCUT2D eigenvalue weighted by Crippen LogP contribution is 2.15. The maximum atomic E-state index is 13.5. The van der Waals surface area contributed by atoms with Gasteiger partial charge in [0.05, 0.1) is 0 Å². The van der Waals surface area contributed by atoms with Gasteiger partial charge in [-0.3, -0.25) is 9.59 Å². The quantitative estimate of drug-likeness (QED) is 0.608. The summed E-state index contributed by atoms with van der Waals surface area (Å²) in [7, 11) is 0. The van der Waals surface area contributed by atoms with Crippen LogP contribution in [-0.4, -0.2) is 16.8 Å². The number of pyridine rings is 1. The number of benzene rings is 1. The second-order valence-electron chi connectivity index (χ2n) is 5.29. The lowest BCUT2D eigenvalue weighted by Gasteiger charge is -2.06. The van der Waals surface area contributed by atoms with Crippen LogP contribution in [0.25, 0.3) is 5.70 Å². The fourth-order valence-corrected chi connectivity index (χ4v) is 2.04. The predicted molar refractivity (Wildman–Crippen MR) is 96.8 cm³/mol. The third-order valence-corrected chi connectivity index (χ3v) is 3.19. The van der Waals surface area contributed by atoms with Gasteiger partial charge in [-0.05, 0) is 42.0 Å². The van der Waals surface area contributed by atoms with Crippen LogP contribution in [-0.2, 0) is 4.79 Å². The summed E-state index contributed by atoms with van der Waals surface area (Å²) >= 11 is 0. The lowest BCUT2D eigenvalue weighted by Crippen LogP contribution is -2.28. The Morgan fingerprint density at radius 2 is 1.92 bits per heavy atom. The molecule has 2 amide bonds. The average Bonchev–Trinajstić information content (AvgIpc) is 2.59. The van der Waals surface area contributed by atoms with E-state index in [2.05, 4.69) is 15.6 Å². The van der Waals surface area contributed by atoms with E-state index in [1.165, 1.54) is 31.3 Å². The number of nitrogens with one attached hydrogen (secondary N) is 2. The number of nitrogens with two attached hydrogens (primary N) is 2. The molecule has 0 saturated carbocycles. The van der Waals surface area contributed by atoms with E-state index in [1.54, 1.807) is 24.3 Å². The topological polar surface area (TPSA) is 123 Å². The Morgan fingerprint density at radius 3 is 2.62 bits per heavy atom. The number of hydrogen-bond acceptors (Lipinski definition) is 5. The summed E-state index contributed by atoms with van der Waals surface area (Å²) in [6.45, 7) is 1.41. The fraction of sp³-hybridized carbons (Fsp3) is 0.0556. The number of amides is 2. The van der Waals surface area contributed by atoms with Crippen LogP contribution in [0.3, 0.4) is 0 Å². The third kappa shape index (κ3) is 5.17. The first kappa shape index (κ1) is 18.7. The highest BCUT2D eigenvalue weighted by atomic mass is 19.1. The number of allylic oxidation sites excluding steroid dienone is 2. The number of carbonyl (C=O) groups excluding carboxylic acids is 2. The summed E-state index contributed by atoms with van der Waals surface area (Å²) < 4.78 is 13.5. The highest BCUT2D eigenvalue weighted by molar-refractivity contribution is 5.93. The normalized spacial score (nSPS) is 11.8. The standard InChI is InChI=1S/C18H18FN5O2/c1-11(25)23-13-5-2-4-12(10-13)15(20)7-8-16(21)24-18(26)17-14(19)6-3-9-22-17/h2-10H,20-21H2,1H3,(H,23,25)(H,24,26)/b15-7-,16-8+. The van der Waals surface area contributed by atoms with Gasteiger partial charge in [0.25, 0.3) is 5.91 Å². The molecule has 0 spiro atoms. The molecule has 1 aromatic carbocycles. The van der Waals surface area contributed by atoms with Crippen molar-refractivity contribution in [3.05, 3.63) is 77.6 Å². The molecule has 0 aliphatic rings. The van der Waals surface area contributed by atoms with Gasteiger partial charge in [0.2, 0.25) is 5.91 Å². The summed E-state index contributed by atoms with van der Waals surface area (Å²) in [5.41, 5.74) is 12.9. The van der Waals surface area contributed by atoms with Crippen LogP contribution in [0, 0.1) is 5.82 Å². The molecule has 0 radical (unpaired) electrons. The molecule has 1 heterocycles. The Balaban J connectivity index is 2.10. The van der Waals surface area contributed by atoms with Crippen LogP contribution in [0.15, 0.2) is 60.6 Å². The molecule has 26 heavy (non-hydrogen) atoms. The van der Waals surface area contributed by atoms with Crippen molar-refractivity contribution in [1.29, 1.82) is 0 Å². The lowest BCUT2D eigenvalue weighted by atomic mass is 10.1. The van der Waals surface area contributed by atoms with Crippen LogP contribution in [0.4, 0.5) is 10.1 Å². The number of nitrogens with zero attached hydrogens (tertiary/aromatic N) is 1. The third-order valence-electron chi connectivity index (χ3n) is 3.19. The van der Waals surface area contributed by atoms with Crippen molar-refractivity contribution in [3.8, 4) is 0 Å². The largest absolute Gasteiger partial charge is 0.398 e. The molecule has 0 fully saturated rings. The molecule has 8 heteroatoms. The number of rotatable bonds is 5. The Bertz CT molecular complexity index is 893. The van der Waals surface area contributed by atoms with Gasteiger partial charge in [-0.15, -0.1) is 0 Å². The van der Waals surface area contributed by atoms with Gasteiger partial charge in [-0.25, -0.2) is 9.37 Å². The van der Waals surface area contributed by atoms with E-state index in [0.717, 1.165) is 6.07 Å². The molecule has 0 aliphatic heterocycles. The average molecular weight is 355 g/mol. The Hall–Kier alpha value is -3.68. The number of anilines is 1. The fourth-order valence-electron chi connectivity index (χ4n) is 2.04. The molecule has 134 valence electrons. The van der Waals surface area contributed by atoms with E-state index < -0.39 is 11.7 Å². The first-order valence-corrected chi connectivity index (χ1v) is 7.59. The Kier molecular flexibility index (Phi) is 6.05. The zero-order valence-corrected chi connectivity index (χ0v) is 14.0. The molecule has 2 rings (SSSR count). The SMILES string of the molecule is CC(=O)Nc1cccc(/C(N)=C/C=C(\N)NC(=O)c2ncccc2F)c1. The van der Waals surface area contributed by atoms with Crippen LogP contribution >= 0.6 is 0 Å². The van der Waals surface area contributed by atoms with Gasteiger partial charge in [-0.2, -0.15) is 0 Å². The first-order valence-electron chi connectivity index (χ1n) is 7.59. The number of aromatic nitrogens is 1. The minimum atomic E-state index is -0.767. The molecular weight excluding hydrogens is 337 g/mol. The van der Waals surface area contributed by atoms with Gasteiger partial charge in [0.1, 0.15) is 5.82 Å². The number of hydrogen-bond donors (Lipinski definition) is 4. The molecule has 0 atom stereocenters. The van der Waals surface area contributed by atoms with Crippen molar-refractivity contribution in [2.75, 3.05) is 5.32 Å². The summed E-state index contributed by atoms with van der Waals surface area (Å²) in [6, 6.07) is 9.41. The van der Waals surface area contributed by atoms with E-state index in [9.17, 15) is 14.0 Å². The van der Waals surface area contributed by atoms with Gasteiger partial charge < -0.3 is 22.1 Å². The Morgan fingerprint density at radius 1 is 1.15 bits per heavy atom. The van der Waals surface area contributed by atoms with Crippen molar-refractivity contribution < 1.29 is 14.0 Å². The summed E-state index contributed by atoms with van der Waals surface area (Å²) in [5, 5.41) is 4.97. The molecule has 0 unspecified atom stereocenters. The molecule has 0 saturated heterocycles. The molecule has 0 bridgehead atoms. The van der Waals surface area contributed by atoms with E-state index in [1.807, 2.05) is 0 Å². The maximum absolute atomic E-state index is 13.5. The van der Waals surface area contributed by atoms with Crippen molar-refractivity contribution in [1.82, 2.24) is 10.3 Å². The number of halogens is 1. The van der Waals surface area contributed by atoms with Crippen LogP contribution in [0.1, 0.15) is 23.0 Å². The smallest absolute Gasteiger partial charge is 0.278 e. The number of carbonyl (C=O) groups is 2. The summed E-state index contributed by atoms with van der Waals surface area (Å²) in [4.78, 5) is 26.7. The molecule has 0 aliphatic carbocycles. The second-order valence-corrected chi connectivity index (χ2v) is 5.29. The lowest BCUT2D eigenvalue weighted by molar-refractivity contribution is -0.114. The summed E-state index contributed by atoms with van der Waals surface area (Å²) in [6.07, 6.45) is 4.16. The van der Waals surface area contributed by atoms with Gasteiger partial charge >= 0.3 is 0 Å². The van der Waals surface area contributed by atoms with Crippen LogP contribution < -0.4 is 22.1 Å². The first-order chi connectivity index (χ1) is 12.4. The molecule has 7 nitrogen and oxygen atoms in total. The van der Waals surface area contributed by atoms with E-state index in [0.29, 0.717) is 16.9 Å². The molecule has 2 aromatic rings. The van der Waals surface area contributed by atoms with Gasteiger partial charge in [-0.1, -0.05) is 12.1 Å². The minimum absolute atomic E-state index is 0.0268. The minimum Gasteiger partial charge on any atom is -0.398 e. The predicted octanol–water partition coefficient (Wildman–Crippen LogP) is 1.71.